The van der Waals surface area contributed by atoms with Crippen LogP contribution in [0.25, 0.3) is 0 Å². The molecule has 0 aromatic heterocycles. The molecular weight excluding hydrogens is 184 g/mol. The van der Waals surface area contributed by atoms with Crippen molar-refractivity contribution < 1.29 is 19.8 Å². The van der Waals surface area contributed by atoms with Crippen LogP contribution in [0.3, 0.4) is 0 Å². The Balaban J connectivity index is 0. The third kappa shape index (κ3) is 22.4. The molecule has 0 radical (unpaired) electrons. The van der Waals surface area contributed by atoms with Gasteiger partial charge in [0.1, 0.15) is 0 Å². The van der Waals surface area contributed by atoms with Crippen LogP contribution in [0, 0.1) is 0 Å². The number of hydrogen-bond acceptors (Lipinski definition) is 4. The number of carbonyl (C=O) groups is 2. The Kier molecular flexibility index (Phi) is 12.7. The first kappa shape index (κ1) is 15.2. The van der Waals surface area contributed by atoms with E-state index in [9.17, 15) is 19.8 Å². The van der Waals surface area contributed by atoms with Crippen LogP contribution in [-0.4, -0.2) is 11.9 Å². The average molecular weight is 200 g/mol. The van der Waals surface area contributed by atoms with Gasteiger partial charge in [-0.3, -0.25) is 0 Å². The van der Waals surface area contributed by atoms with Crippen molar-refractivity contribution in [1.82, 2.24) is 0 Å². The molecule has 82 valence electrons. The molecule has 14 heavy (non-hydrogen) atoms. The lowest BCUT2D eigenvalue weighted by Gasteiger charge is -1.97. The van der Waals surface area contributed by atoms with E-state index >= 15 is 0 Å². The van der Waals surface area contributed by atoms with Gasteiger partial charge in [0.25, 0.3) is 0 Å². The number of aliphatic carboxylic acids is 2. The van der Waals surface area contributed by atoms with Gasteiger partial charge in [-0.15, -0.1) is 6.58 Å². The highest BCUT2D eigenvalue weighted by atomic mass is 16.4. The van der Waals surface area contributed by atoms with Crippen LogP contribution in [0.15, 0.2) is 12.7 Å². The topological polar surface area (TPSA) is 80.3 Å². The van der Waals surface area contributed by atoms with Crippen molar-refractivity contribution in [3.8, 4) is 0 Å². The van der Waals surface area contributed by atoms with Crippen LogP contribution in [0.5, 0.6) is 0 Å². The third-order valence-corrected chi connectivity index (χ3v) is 1.30. The minimum Gasteiger partial charge on any atom is -0.550 e. The van der Waals surface area contributed by atoms with Crippen LogP contribution in [0.2, 0.25) is 0 Å². The first-order chi connectivity index (χ1) is 6.54. The highest BCUT2D eigenvalue weighted by Gasteiger charge is 1.84. The molecule has 0 aliphatic heterocycles. The third-order valence-electron chi connectivity index (χ3n) is 1.30. The molecule has 0 aliphatic rings. The molecule has 0 unspecified atom stereocenters. The minimum absolute atomic E-state index is 0.0556. The lowest BCUT2D eigenvalue weighted by Crippen LogP contribution is -2.21. The fraction of sp³-hybridized carbons (Fsp3) is 0.600. The van der Waals surface area contributed by atoms with E-state index < -0.39 is 11.9 Å². The van der Waals surface area contributed by atoms with Gasteiger partial charge in [0.2, 0.25) is 0 Å². The molecule has 0 spiro atoms. The van der Waals surface area contributed by atoms with Crippen molar-refractivity contribution in [1.29, 1.82) is 0 Å². The van der Waals surface area contributed by atoms with E-state index in [4.69, 9.17) is 0 Å². The summed E-state index contributed by atoms with van der Waals surface area (Å²) >= 11 is 0. The number of hydrogen-bond donors (Lipinski definition) is 0. The van der Waals surface area contributed by atoms with Crippen LogP contribution in [-0.2, 0) is 9.59 Å². The Hall–Kier alpha value is -1.32. The van der Waals surface area contributed by atoms with Gasteiger partial charge in [0, 0.05) is 18.4 Å². The predicted molar refractivity (Wildman–Crippen MR) is 49.0 cm³/mol. The van der Waals surface area contributed by atoms with E-state index in [-0.39, 0.29) is 12.8 Å². The smallest absolute Gasteiger partial charge is 0.0451 e. The second-order valence-electron chi connectivity index (χ2n) is 2.69. The van der Waals surface area contributed by atoms with E-state index in [0.29, 0.717) is 0 Å². The SMILES string of the molecule is C=CCC(=O)[O-].CCCCCC(=O)[O-]. The largest absolute Gasteiger partial charge is 0.550 e. The summed E-state index contributed by atoms with van der Waals surface area (Å²) in [5.41, 5.74) is 0. The highest BCUT2D eigenvalue weighted by Crippen LogP contribution is 1.96. The molecule has 0 aliphatic carbocycles. The van der Waals surface area contributed by atoms with Crippen molar-refractivity contribution in [2.45, 2.75) is 39.0 Å². The molecule has 0 aromatic rings. The number of carboxylic acids is 2. The zero-order valence-corrected chi connectivity index (χ0v) is 8.45. The molecule has 0 bridgehead atoms. The number of carboxylic acid groups (broad SMARTS) is 2. The molecule has 0 N–H and O–H groups in total. The Morgan fingerprint density at radius 3 is 2.00 bits per heavy atom. The lowest BCUT2D eigenvalue weighted by molar-refractivity contribution is -0.306. The normalized spacial score (nSPS) is 8.36. The summed E-state index contributed by atoms with van der Waals surface area (Å²) in [6.07, 6.45) is 4.27. The molecule has 4 nitrogen and oxygen atoms in total. The van der Waals surface area contributed by atoms with E-state index in [1.54, 1.807) is 0 Å². The van der Waals surface area contributed by atoms with E-state index in [0.717, 1.165) is 19.3 Å². The van der Waals surface area contributed by atoms with Crippen molar-refractivity contribution >= 4 is 11.9 Å². The van der Waals surface area contributed by atoms with Crippen LogP contribution >= 0.6 is 0 Å². The molecule has 4 heteroatoms. The molecule has 0 rings (SSSR count). The highest BCUT2D eigenvalue weighted by molar-refractivity contribution is 5.65. The van der Waals surface area contributed by atoms with Gasteiger partial charge < -0.3 is 19.8 Å². The van der Waals surface area contributed by atoms with Crippen LogP contribution in [0.1, 0.15) is 39.0 Å². The number of rotatable bonds is 6. The first-order valence-electron chi connectivity index (χ1n) is 4.55. The fourth-order valence-electron chi connectivity index (χ4n) is 0.637. The summed E-state index contributed by atoms with van der Waals surface area (Å²) in [7, 11) is 0. The Morgan fingerprint density at radius 2 is 1.79 bits per heavy atom. The summed E-state index contributed by atoms with van der Waals surface area (Å²) < 4.78 is 0. The van der Waals surface area contributed by atoms with Gasteiger partial charge in [0.15, 0.2) is 0 Å². The average Bonchev–Trinajstić information content (AvgIpc) is 2.05. The predicted octanol–water partition coefficient (Wildman–Crippen LogP) is -0.371. The molecule has 0 saturated carbocycles. The summed E-state index contributed by atoms with van der Waals surface area (Å²) in [4.78, 5) is 19.2. The van der Waals surface area contributed by atoms with Gasteiger partial charge in [-0.1, -0.05) is 25.8 Å². The molecule has 0 fully saturated rings. The van der Waals surface area contributed by atoms with Crippen molar-refractivity contribution in [2.75, 3.05) is 0 Å². The van der Waals surface area contributed by atoms with Crippen LogP contribution < -0.4 is 10.2 Å². The van der Waals surface area contributed by atoms with Crippen molar-refractivity contribution in [2.24, 2.45) is 0 Å². The van der Waals surface area contributed by atoms with E-state index in [2.05, 4.69) is 6.58 Å². The summed E-state index contributed by atoms with van der Waals surface area (Å²) in [5, 5.41) is 19.2. The molecule has 0 aromatic carbocycles. The zero-order chi connectivity index (χ0) is 11.4. The summed E-state index contributed by atoms with van der Waals surface area (Å²) in [6, 6.07) is 0. The number of unbranched alkanes of at least 4 members (excludes halogenated alkanes) is 2. The monoisotopic (exact) mass is 200 g/mol. The molecular formula is C10H16O4-2. The standard InChI is InChI=1S/C6H12O2.C4H6O2/c1-2-3-4-5-6(7)8;1-2-3-4(5)6/h2-5H2,1H3,(H,7,8);2H,1,3H2,(H,5,6)/p-2. The maximum Gasteiger partial charge on any atom is 0.0451 e. The van der Waals surface area contributed by atoms with E-state index in [1.807, 2.05) is 6.92 Å². The summed E-state index contributed by atoms with van der Waals surface area (Å²) in [5.74, 6) is -2.01. The fourth-order valence-corrected chi connectivity index (χ4v) is 0.637. The van der Waals surface area contributed by atoms with Crippen LogP contribution in [0.4, 0.5) is 0 Å². The molecule has 0 amide bonds. The van der Waals surface area contributed by atoms with Crippen molar-refractivity contribution in [3.05, 3.63) is 12.7 Å². The second kappa shape index (κ2) is 11.7. The van der Waals surface area contributed by atoms with Gasteiger partial charge in [0.05, 0.1) is 0 Å². The van der Waals surface area contributed by atoms with E-state index in [1.165, 1.54) is 6.08 Å². The maximum absolute atomic E-state index is 9.76. The van der Waals surface area contributed by atoms with Gasteiger partial charge >= 0.3 is 0 Å². The maximum atomic E-state index is 9.76. The molecule has 0 atom stereocenters. The van der Waals surface area contributed by atoms with Gasteiger partial charge in [-0.05, 0) is 12.8 Å². The first-order valence-corrected chi connectivity index (χ1v) is 4.55. The second-order valence-corrected chi connectivity index (χ2v) is 2.69. The number of carbonyl (C=O) groups excluding carboxylic acids is 2. The van der Waals surface area contributed by atoms with Gasteiger partial charge in [-0.2, -0.15) is 0 Å². The van der Waals surface area contributed by atoms with Crippen molar-refractivity contribution in [3.63, 3.8) is 0 Å². The zero-order valence-electron chi connectivity index (χ0n) is 8.45. The summed E-state index contributed by atoms with van der Waals surface area (Å²) in [6.45, 7) is 5.22. The Morgan fingerprint density at radius 1 is 1.21 bits per heavy atom. The Labute approximate surface area is 84.3 Å². The van der Waals surface area contributed by atoms with Gasteiger partial charge in [-0.25, -0.2) is 0 Å². The Bertz CT molecular complexity index is 175. The minimum atomic E-state index is -1.08. The quantitative estimate of drug-likeness (QED) is 0.432. The molecule has 0 heterocycles. The molecule has 0 saturated heterocycles. The lowest BCUT2D eigenvalue weighted by atomic mass is 10.2.